The van der Waals surface area contributed by atoms with Crippen LogP contribution in [0.3, 0.4) is 0 Å². The number of aromatic nitrogens is 2. The van der Waals surface area contributed by atoms with E-state index in [1.807, 2.05) is 0 Å². The van der Waals surface area contributed by atoms with E-state index >= 15 is 0 Å². The Labute approximate surface area is 259 Å². The van der Waals surface area contributed by atoms with Crippen LogP contribution in [-0.4, -0.2) is 83.1 Å². The molecule has 0 saturated carbocycles. The molecule has 5 heterocycles. The Balaban J connectivity index is 1.20. The third-order valence-electron chi connectivity index (χ3n) is 10.6. The average molecular weight is 600 g/mol. The molecular formula is C34H42FN7O2. The molecular weight excluding hydrogens is 557 g/mol. The second-order valence-corrected chi connectivity index (χ2v) is 13.4. The van der Waals surface area contributed by atoms with E-state index in [2.05, 4.69) is 52.5 Å². The van der Waals surface area contributed by atoms with Gasteiger partial charge in [0.05, 0.1) is 36.3 Å². The first-order chi connectivity index (χ1) is 21.3. The molecule has 0 unspecified atom stereocenters. The molecule has 0 spiro atoms. The van der Waals surface area contributed by atoms with E-state index in [1.165, 1.54) is 34.6 Å². The molecule has 7 rings (SSSR count). The molecule has 1 amide bonds. The number of ether oxygens (including phenoxy) is 1. The number of anilines is 2. The Bertz CT molecular complexity index is 1500. The highest BCUT2D eigenvalue weighted by Crippen LogP contribution is 2.40. The van der Waals surface area contributed by atoms with Crippen LogP contribution in [0.4, 0.5) is 15.9 Å². The molecule has 4 aliphatic heterocycles. The Kier molecular flexibility index (Phi) is 7.69. The lowest BCUT2D eigenvalue weighted by molar-refractivity contribution is -0.131. The summed E-state index contributed by atoms with van der Waals surface area (Å²) >= 11 is 0. The zero-order chi connectivity index (χ0) is 30.4. The number of amides is 1. The molecule has 0 bridgehead atoms. The maximum atomic E-state index is 13.8. The van der Waals surface area contributed by atoms with Crippen molar-refractivity contribution in [1.82, 2.24) is 19.8 Å². The van der Waals surface area contributed by atoms with Crippen LogP contribution in [0.25, 0.3) is 0 Å². The number of benzene rings is 1. The number of halogens is 1. The molecule has 2 atom stereocenters. The summed E-state index contributed by atoms with van der Waals surface area (Å²) in [5.74, 6) is -0.261. The Morgan fingerprint density at radius 3 is 2.70 bits per heavy atom. The summed E-state index contributed by atoms with van der Waals surface area (Å²) in [7, 11) is 0. The van der Waals surface area contributed by atoms with Gasteiger partial charge in [-0.1, -0.05) is 25.6 Å². The van der Waals surface area contributed by atoms with Gasteiger partial charge in [-0.3, -0.25) is 9.69 Å². The monoisotopic (exact) mass is 599 g/mol. The topological polar surface area (TPSA) is 88.8 Å². The number of carbonyl (C=O) groups is 1. The van der Waals surface area contributed by atoms with Crippen molar-refractivity contribution in [2.45, 2.75) is 76.4 Å². The van der Waals surface area contributed by atoms with Gasteiger partial charge in [0.25, 0.3) is 5.91 Å². The lowest BCUT2D eigenvalue weighted by Crippen LogP contribution is -2.55. The number of fused-ring (bicyclic) bond motifs is 3. The first kappa shape index (κ1) is 29.0. The van der Waals surface area contributed by atoms with Crippen molar-refractivity contribution < 1.29 is 13.9 Å². The molecule has 9 nitrogen and oxygen atoms in total. The number of rotatable bonds is 7. The molecule has 44 heavy (non-hydrogen) atoms. The third kappa shape index (κ3) is 5.19. The van der Waals surface area contributed by atoms with Crippen LogP contribution in [0.2, 0.25) is 0 Å². The Morgan fingerprint density at radius 1 is 1.11 bits per heavy atom. The minimum atomic E-state index is -0.995. The molecule has 5 aliphatic rings. The van der Waals surface area contributed by atoms with Crippen LogP contribution in [-0.2, 0) is 30.6 Å². The number of hydrogen-bond acceptors (Lipinski definition) is 8. The highest BCUT2D eigenvalue weighted by atomic mass is 19.1. The van der Waals surface area contributed by atoms with Gasteiger partial charge in [-0.15, -0.1) is 0 Å². The maximum absolute atomic E-state index is 13.8. The zero-order valence-electron chi connectivity index (χ0n) is 25.7. The lowest BCUT2D eigenvalue weighted by atomic mass is 9.95. The predicted octanol–water partition coefficient (Wildman–Crippen LogP) is 4.20. The number of piperazine rings is 1. The first-order valence-electron chi connectivity index (χ1n) is 16.3. The van der Waals surface area contributed by atoms with Gasteiger partial charge in [-0.25, -0.2) is 4.39 Å². The summed E-state index contributed by atoms with van der Waals surface area (Å²) in [5.41, 5.74) is 6.37. The molecule has 3 fully saturated rings. The standard InChI is InChI=1S/C34H42FN7O2/c1-23-18-25-6-3-7-30(28(25)19-23)39-15-9-27-29(21-39)37-33(44-22-34-10-4-13-41(34)14-5-11-34)38-31(27)40-16-17-42(32(43)24(2)35)26(20-40)8-12-36/h3,6-7,23,26H,2,4-5,8-11,13-22H2,1H3/t23-,26+/m1/s1. The quantitative estimate of drug-likeness (QED) is 0.438. The minimum absolute atomic E-state index is 0.0748. The van der Waals surface area contributed by atoms with E-state index in [9.17, 15) is 14.4 Å². The molecule has 2 aromatic rings. The van der Waals surface area contributed by atoms with Crippen molar-refractivity contribution >= 4 is 17.4 Å². The Hall–Kier alpha value is -3.71. The number of nitrogens with zero attached hydrogens (tertiary/aromatic N) is 7. The van der Waals surface area contributed by atoms with Gasteiger partial charge in [-0.2, -0.15) is 15.2 Å². The van der Waals surface area contributed by atoms with Crippen LogP contribution in [0.1, 0.15) is 61.4 Å². The van der Waals surface area contributed by atoms with Crippen LogP contribution in [0, 0.1) is 17.2 Å². The number of nitriles is 1. The van der Waals surface area contributed by atoms with Crippen molar-refractivity contribution in [2.75, 3.05) is 55.7 Å². The fraction of sp³-hybridized carbons (Fsp3) is 0.588. The van der Waals surface area contributed by atoms with Gasteiger partial charge in [-0.05, 0) is 81.1 Å². The highest BCUT2D eigenvalue weighted by Gasteiger charge is 2.45. The van der Waals surface area contributed by atoms with E-state index in [0.29, 0.717) is 44.7 Å². The lowest BCUT2D eigenvalue weighted by Gasteiger charge is -2.42. The van der Waals surface area contributed by atoms with E-state index in [0.717, 1.165) is 68.8 Å². The SMILES string of the molecule is C=C(F)C(=O)N1CCN(c2nc(OCC34CCCN3CCC4)nc3c2CCN(c2cccc4c2C[C@H](C)C4)C3)C[C@@H]1CC#N. The summed E-state index contributed by atoms with van der Waals surface area (Å²) in [5, 5.41) is 9.54. The number of carbonyl (C=O) groups excluding carboxylic acids is 1. The average Bonchev–Trinajstić information content (AvgIpc) is 3.72. The van der Waals surface area contributed by atoms with Crippen LogP contribution in [0.15, 0.2) is 30.6 Å². The van der Waals surface area contributed by atoms with Crippen molar-refractivity contribution in [2.24, 2.45) is 5.92 Å². The molecule has 0 N–H and O–H groups in total. The largest absolute Gasteiger partial charge is 0.461 e. The van der Waals surface area contributed by atoms with Crippen LogP contribution in [0.5, 0.6) is 6.01 Å². The first-order valence-corrected chi connectivity index (χ1v) is 16.3. The predicted molar refractivity (Wildman–Crippen MR) is 166 cm³/mol. The van der Waals surface area contributed by atoms with Gasteiger partial charge in [0.1, 0.15) is 12.4 Å². The second kappa shape index (κ2) is 11.7. The van der Waals surface area contributed by atoms with E-state index in [4.69, 9.17) is 14.7 Å². The van der Waals surface area contributed by atoms with Gasteiger partial charge in [0.2, 0.25) is 0 Å². The van der Waals surface area contributed by atoms with Crippen LogP contribution < -0.4 is 14.5 Å². The van der Waals surface area contributed by atoms with Crippen molar-refractivity contribution in [3.05, 3.63) is 53.0 Å². The van der Waals surface area contributed by atoms with Crippen molar-refractivity contribution in [3.63, 3.8) is 0 Å². The normalized spacial score (nSPS) is 24.1. The van der Waals surface area contributed by atoms with Gasteiger partial charge in [0.15, 0.2) is 5.83 Å². The summed E-state index contributed by atoms with van der Waals surface area (Å²) < 4.78 is 20.3. The summed E-state index contributed by atoms with van der Waals surface area (Å²) in [6.07, 6.45) is 7.80. The van der Waals surface area contributed by atoms with Crippen LogP contribution >= 0.6 is 0 Å². The van der Waals surface area contributed by atoms with Gasteiger partial charge in [0, 0.05) is 37.4 Å². The smallest absolute Gasteiger partial charge is 0.318 e. The molecule has 0 radical (unpaired) electrons. The fourth-order valence-corrected chi connectivity index (χ4v) is 8.47. The molecule has 10 heteroatoms. The third-order valence-corrected chi connectivity index (χ3v) is 10.6. The summed E-state index contributed by atoms with van der Waals surface area (Å²) in [6, 6.07) is 8.82. The number of hydrogen-bond donors (Lipinski definition) is 0. The summed E-state index contributed by atoms with van der Waals surface area (Å²) in [6.45, 7) is 11.1. The highest BCUT2D eigenvalue weighted by molar-refractivity contribution is 5.91. The maximum Gasteiger partial charge on any atom is 0.318 e. The van der Waals surface area contributed by atoms with Crippen molar-refractivity contribution in [1.29, 1.82) is 5.26 Å². The van der Waals surface area contributed by atoms with Gasteiger partial charge < -0.3 is 19.4 Å². The Morgan fingerprint density at radius 2 is 1.93 bits per heavy atom. The second-order valence-electron chi connectivity index (χ2n) is 13.4. The van der Waals surface area contributed by atoms with E-state index < -0.39 is 17.8 Å². The van der Waals surface area contributed by atoms with E-state index in [1.54, 1.807) is 0 Å². The fourth-order valence-electron chi connectivity index (χ4n) is 8.47. The molecule has 1 aromatic carbocycles. The zero-order valence-corrected chi connectivity index (χ0v) is 25.7. The molecule has 232 valence electrons. The summed E-state index contributed by atoms with van der Waals surface area (Å²) in [4.78, 5) is 31.2. The van der Waals surface area contributed by atoms with E-state index in [-0.39, 0.29) is 12.0 Å². The molecule has 1 aromatic heterocycles. The molecule has 3 saturated heterocycles. The minimum Gasteiger partial charge on any atom is -0.461 e. The van der Waals surface area contributed by atoms with Crippen molar-refractivity contribution in [3.8, 4) is 12.1 Å². The molecule has 1 aliphatic carbocycles. The van der Waals surface area contributed by atoms with Gasteiger partial charge >= 0.3 is 6.01 Å².